The topological polar surface area (TPSA) is 50.4 Å². The Labute approximate surface area is 105 Å². The van der Waals surface area contributed by atoms with Crippen molar-refractivity contribution in [2.45, 2.75) is 58.5 Å². The first-order chi connectivity index (χ1) is 8.11. The van der Waals surface area contributed by atoms with Crippen molar-refractivity contribution in [1.29, 1.82) is 0 Å². The first kappa shape index (κ1) is 16.4. The van der Waals surface area contributed by atoms with Crippen molar-refractivity contribution in [3.8, 4) is 0 Å². The molecule has 0 aromatic heterocycles. The molecular weight excluding hydrogens is 216 g/mol. The average Bonchev–Trinajstić information content (AvgIpc) is 2.31. The Kier molecular flexibility index (Phi) is 10.2. The molecule has 4 nitrogen and oxygen atoms in total. The van der Waals surface area contributed by atoms with Crippen LogP contribution >= 0.6 is 0 Å². The monoisotopic (exact) mass is 244 g/mol. The van der Waals surface area contributed by atoms with Crippen LogP contribution in [0.1, 0.15) is 46.5 Å². The SMILES string of the molecule is CCCCCNC(=O)C(C)NC(C)CCOC. The first-order valence-corrected chi connectivity index (χ1v) is 6.64. The van der Waals surface area contributed by atoms with E-state index in [0.717, 1.165) is 26.0 Å². The maximum absolute atomic E-state index is 11.7. The summed E-state index contributed by atoms with van der Waals surface area (Å²) >= 11 is 0. The lowest BCUT2D eigenvalue weighted by molar-refractivity contribution is -0.122. The number of hydrogen-bond donors (Lipinski definition) is 2. The van der Waals surface area contributed by atoms with Crippen LogP contribution in [0.3, 0.4) is 0 Å². The third kappa shape index (κ3) is 9.12. The highest BCUT2D eigenvalue weighted by Crippen LogP contribution is 1.95. The molecule has 0 aliphatic rings. The van der Waals surface area contributed by atoms with Crippen molar-refractivity contribution in [3.63, 3.8) is 0 Å². The van der Waals surface area contributed by atoms with Gasteiger partial charge in [-0.25, -0.2) is 0 Å². The van der Waals surface area contributed by atoms with E-state index >= 15 is 0 Å². The van der Waals surface area contributed by atoms with E-state index in [2.05, 4.69) is 24.5 Å². The van der Waals surface area contributed by atoms with Gasteiger partial charge in [0.15, 0.2) is 0 Å². The zero-order valence-electron chi connectivity index (χ0n) is 11.7. The summed E-state index contributed by atoms with van der Waals surface area (Å²) in [5.41, 5.74) is 0. The van der Waals surface area contributed by atoms with Crippen LogP contribution in [-0.2, 0) is 9.53 Å². The lowest BCUT2D eigenvalue weighted by Gasteiger charge is -2.19. The van der Waals surface area contributed by atoms with Crippen molar-refractivity contribution < 1.29 is 9.53 Å². The van der Waals surface area contributed by atoms with Gasteiger partial charge < -0.3 is 15.4 Å². The van der Waals surface area contributed by atoms with E-state index in [1.807, 2.05) is 6.92 Å². The molecule has 0 rings (SSSR count). The summed E-state index contributed by atoms with van der Waals surface area (Å²) in [4.78, 5) is 11.7. The van der Waals surface area contributed by atoms with Crippen LogP contribution in [0.5, 0.6) is 0 Å². The molecule has 0 aromatic carbocycles. The maximum atomic E-state index is 11.7. The molecule has 2 atom stereocenters. The molecule has 2 N–H and O–H groups in total. The Hall–Kier alpha value is -0.610. The minimum Gasteiger partial charge on any atom is -0.385 e. The van der Waals surface area contributed by atoms with Gasteiger partial charge in [-0.1, -0.05) is 19.8 Å². The summed E-state index contributed by atoms with van der Waals surface area (Å²) in [6.07, 6.45) is 4.34. The summed E-state index contributed by atoms with van der Waals surface area (Å²) < 4.78 is 5.01. The molecule has 0 fully saturated rings. The number of methoxy groups -OCH3 is 1. The maximum Gasteiger partial charge on any atom is 0.236 e. The van der Waals surface area contributed by atoms with Crippen LogP contribution < -0.4 is 10.6 Å². The van der Waals surface area contributed by atoms with Crippen molar-refractivity contribution >= 4 is 5.91 Å². The van der Waals surface area contributed by atoms with Crippen LogP contribution in [-0.4, -0.2) is 38.3 Å². The molecule has 0 radical (unpaired) electrons. The average molecular weight is 244 g/mol. The molecule has 102 valence electrons. The smallest absolute Gasteiger partial charge is 0.236 e. The standard InChI is InChI=1S/C13H28N2O2/c1-5-6-7-9-14-13(16)12(3)15-11(2)8-10-17-4/h11-12,15H,5-10H2,1-4H3,(H,14,16). The van der Waals surface area contributed by atoms with E-state index in [-0.39, 0.29) is 11.9 Å². The van der Waals surface area contributed by atoms with E-state index in [1.165, 1.54) is 12.8 Å². The Morgan fingerprint density at radius 1 is 1.29 bits per heavy atom. The van der Waals surface area contributed by atoms with Gasteiger partial charge in [0.05, 0.1) is 6.04 Å². The molecule has 2 unspecified atom stereocenters. The normalized spacial score (nSPS) is 14.4. The molecule has 0 saturated carbocycles. The second-order valence-corrected chi connectivity index (χ2v) is 4.57. The van der Waals surface area contributed by atoms with E-state index in [4.69, 9.17) is 4.74 Å². The third-order valence-electron chi connectivity index (χ3n) is 2.76. The molecule has 0 aliphatic carbocycles. The second kappa shape index (κ2) is 10.5. The Morgan fingerprint density at radius 2 is 2.00 bits per heavy atom. The van der Waals surface area contributed by atoms with E-state index in [9.17, 15) is 4.79 Å². The van der Waals surface area contributed by atoms with Gasteiger partial charge >= 0.3 is 0 Å². The van der Waals surface area contributed by atoms with E-state index in [0.29, 0.717) is 6.04 Å². The van der Waals surface area contributed by atoms with Crippen molar-refractivity contribution in [2.75, 3.05) is 20.3 Å². The van der Waals surface area contributed by atoms with Crippen LogP contribution in [0.2, 0.25) is 0 Å². The van der Waals surface area contributed by atoms with Gasteiger partial charge in [-0.05, 0) is 26.7 Å². The molecule has 0 bridgehead atoms. The molecule has 0 spiro atoms. The summed E-state index contributed by atoms with van der Waals surface area (Å²) in [5, 5.41) is 6.21. The van der Waals surface area contributed by atoms with Crippen molar-refractivity contribution in [1.82, 2.24) is 10.6 Å². The van der Waals surface area contributed by atoms with Gasteiger partial charge in [0.2, 0.25) is 5.91 Å². The predicted molar refractivity (Wildman–Crippen MR) is 71.1 cm³/mol. The van der Waals surface area contributed by atoms with Crippen LogP contribution in [0.4, 0.5) is 0 Å². The van der Waals surface area contributed by atoms with Gasteiger partial charge in [-0.2, -0.15) is 0 Å². The zero-order valence-corrected chi connectivity index (χ0v) is 11.7. The van der Waals surface area contributed by atoms with Crippen molar-refractivity contribution in [2.24, 2.45) is 0 Å². The summed E-state index contributed by atoms with van der Waals surface area (Å²) in [5.74, 6) is 0.0883. The number of rotatable bonds is 10. The number of hydrogen-bond acceptors (Lipinski definition) is 3. The van der Waals surface area contributed by atoms with Gasteiger partial charge in [0, 0.05) is 26.3 Å². The fourth-order valence-electron chi connectivity index (χ4n) is 1.62. The van der Waals surface area contributed by atoms with Gasteiger partial charge in [-0.3, -0.25) is 4.79 Å². The van der Waals surface area contributed by atoms with E-state index in [1.54, 1.807) is 7.11 Å². The number of amides is 1. The first-order valence-electron chi connectivity index (χ1n) is 6.64. The summed E-state index contributed by atoms with van der Waals surface area (Å²) in [7, 11) is 1.69. The fourth-order valence-corrected chi connectivity index (χ4v) is 1.62. The van der Waals surface area contributed by atoms with Gasteiger partial charge in [0.25, 0.3) is 0 Å². The fraction of sp³-hybridized carbons (Fsp3) is 0.923. The number of carbonyl (C=O) groups is 1. The minimum atomic E-state index is -0.136. The van der Waals surface area contributed by atoms with Crippen LogP contribution in [0.15, 0.2) is 0 Å². The van der Waals surface area contributed by atoms with Crippen LogP contribution in [0.25, 0.3) is 0 Å². The zero-order chi connectivity index (χ0) is 13.1. The Morgan fingerprint density at radius 3 is 2.59 bits per heavy atom. The van der Waals surface area contributed by atoms with Crippen LogP contribution in [0, 0.1) is 0 Å². The molecular formula is C13H28N2O2. The highest BCUT2D eigenvalue weighted by molar-refractivity contribution is 5.81. The van der Waals surface area contributed by atoms with Gasteiger partial charge in [-0.15, -0.1) is 0 Å². The molecule has 4 heteroatoms. The lowest BCUT2D eigenvalue weighted by atomic mass is 10.2. The largest absolute Gasteiger partial charge is 0.385 e. The van der Waals surface area contributed by atoms with Crippen molar-refractivity contribution in [3.05, 3.63) is 0 Å². The molecule has 0 heterocycles. The highest BCUT2D eigenvalue weighted by atomic mass is 16.5. The summed E-state index contributed by atoms with van der Waals surface area (Å²) in [6, 6.07) is 0.162. The Bertz CT molecular complexity index is 198. The lowest BCUT2D eigenvalue weighted by Crippen LogP contribution is -2.46. The van der Waals surface area contributed by atoms with E-state index < -0.39 is 0 Å². The molecule has 1 amide bonds. The minimum absolute atomic E-state index is 0.0883. The number of carbonyl (C=O) groups excluding carboxylic acids is 1. The quantitative estimate of drug-likeness (QED) is 0.575. The molecule has 0 aromatic rings. The summed E-state index contributed by atoms with van der Waals surface area (Å²) in [6.45, 7) is 7.63. The number of ether oxygens (including phenoxy) is 1. The van der Waals surface area contributed by atoms with Gasteiger partial charge in [0.1, 0.15) is 0 Å². The number of unbranched alkanes of at least 4 members (excludes halogenated alkanes) is 2. The third-order valence-corrected chi connectivity index (χ3v) is 2.76. The Balaban J connectivity index is 3.65. The number of nitrogens with one attached hydrogen (secondary N) is 2. The molecule has 0 aliphatic heterocycles. The predicted octanol–water partition coefficient (Wildman–Crippen LogP) is 1.70. The molecule has 0 saturated heterocycles. The molecule has 17 heavy (non-hydrogen) atoms. The highest BCUT2D eigenvalue weighted by Gasteiger charge is 2.14. The second-order valence-electron chi connectivity index (χ2n) is 4.57.